The highest BCUT2D eigenvalue weighted by Crippen LogP contribution is 2.13. The molecular weight excluding hydrogens is 410 g/mol. The van der Waals surface area contributed by atoms with Gasteiger partial charge in [0, 0.05) is 49.1 Å². The van der Waals surface area contributed by atoms with Gasteiger partial charge in [0.2, 0.25) is 0 Å². The molecular formula is C23H27N5O4. The summed E-state index contributed by atoms with van der Waals surface area (Å²) in [5.41, 5.74) is 3.23. The molecule has 0 radical (unpaired) electrons. The van der Waals surface area contributed by atoms with Gasteiger partial charge in [-0.2, -0.15) is 0 Å². The zero-order chi connectivity index (χ0) is 23.1. The Kier molecular flexibility index (Phi) is 7.78. The number of nitrogens with zero attached hydrogens (tertiary/aromatic N) is 3. The number of likely N-dealkylation sites (N-methyl/N-ethyl adjacent to an activating group) is 1. The molecule has 0 saturated carbocycles. The molecule has 9 heteroatoms. The van der Waals surface area contributed by atoms with Crippen molar-refractivity contribution >= 4 is 17.6 Å². The van der Waals surface area contributed by atoms with E-state index in [0.717, 1.165) is 37.6 Å². The molecule has 1 aromatic carbocycles. The molecule has 1 saturated heterocycles. The van der Waals surface area contributed by atoms with Crippen LogP contribution in [0.15, 0.2) is 42.6 Å². The summed E-state index contributed by atoms with van der Waals surface area (Å²) in [7, 11) is 2.12. The SMILES string of the molecule is CC(O)C(NC(=O)c1ccc(C#Cc2ccc(N3CCN(C)CC3)nc2)cc1)C(=O)NO. The van der Waals surface area contributed by atoms with E-state index in [1.54, 1.807) is 30.5 Å². The topological polar surface area (TPSA) is 118 Å². The van der Waals surface area contributed by atoms with Crippen molar-refractivity contribution in [3.05, 3.63) is 59.3 Å². The molecule has 1 fully saturated rings. The summed E-state index contributed by atoms with van der Waals surface area (Å²) in [4.78, 5) is 32.9. The maximum Gasteiger partial charge on any atom is 0.268 e. The lowest BCUT2D eigenvalue weighted by Crippen LogP contribution is -2.51. The van der Waals surface area contributed by atoms with Gasteiger partial charge in [0.15, 0.2) is 0 Å². The molecule has 4 N–H and O–H groups in total. The molecule has 1 aliphatic rings. The third kappa shape index (κ3) is 6.04. The van der Waals surface area contributed by atoms with Crippen molar-refractivity contribution in [2.24, 2.45) is 0 Å². The molecule has 2 heterocycles. The summed E-state index contributed by atoms with van der Waals surface area (Å²) in [6, 6.07) is 9.18. The Bertz CT molecular complexity index is 988. The Balaban J connectivity index is 1.61. The van der Waals surface area contributed by atoms with E-state index in [0.29, 0.717) is 11.1 Å². The van der Waals surface area contributed by atoms with Crippen LogP contribution in [0.1, 0.15) is 28.4 Å². The molecule has 32 heavy (non-hydrogen) atoms. The Morgan fingerprint density at radius 1 is 1.03 bits per heavy atom. The maximum absolute atomic E-state index is 12.3. The monoisotopic (exact) mass is 437 g/mol. The van der Waals surface area contributed by atoms with Crippen LogP contribution in [0.5, 0.6) is 0 Å². The highest BCUT2D eigenvalue weighted by atomic mass is 16.5. The zero-order valence-corrected chi connectivity index (χ0v) is 18.1. The van der Waals surface area contributed by atoms with Gasteiger partial charge in [-0.25, -0.2) is 10.5 Å². The van der Waals surface area contributed by atoms with Crippen LogP contribution in [0.4, 0.5) is 5.82 Å². The molecule has 0 spiro atoms. The summed E-state index contributed by atoms with van der Waals surface area (Å²) in [5, 5.41) is 20.7. The van der Waals surface area contributed by atoms with E-state index < -0.39 is 24.0 Å². The minimum Gasteiger partial charge on any atom is -0.391 e. The number of hydrogen-bond acceptors (Lipinski definition) is 7. The van der Waals surface area contributed by atoms with Crippen molar-refractivity contribution in [2.45, 2.75) is 19.1 Å². The minimum absolute atomic E-state index is 0.296. The first kappa shape index (κ1) is 23.2. The molecule has 0 aliphatic carbocycles. The number of aliphatic hydroxyl groups excluding tert-OH is 1. The number of aliphatic hydroxyl groups is 1. The van der Waals surface area contributed by atoms with Gasteiger partial charge < -0.3 is 20.2 Å². The summed E-state index contributed by atoms with van der Waals surface area (Å²) >= 11 is 0. The van der Waals surface area contributed by atoms with Crippen LogP contribution in [0.25, 0.3) is 0 Å². The number of rotatable bonds is 5. The smallest absolute Gasteiger partial charge is 0.268 e. The number of pyridine rings is 1. The molecule has 1 aliphatic heterocycles. The summed E-state index contributed by atoms with van der Waals surface area (Å²) in [5.74, 6) is 5.60. The van der Waals surface area contributed by atoms with Gasteiger partial charge in [0.25, 0.3) is 11.8 Å². The van der Waals surface area contributed by atoms with E-state index in [1.807, 2.05) is 12.1 Å². The van der Waals surface area contributed by atoms with Gasteiger partial charge in [-0.1, -0.05) is 11.8 Å². The highest BCUT2D eigenvalue weighted by Gasteiger charge is 2.25. The Morgan fingerprint density at radius 2 is 1.66 bits per heavy atom. The van der Waals surface area contributed by atoms with E-state index in [4.69, 9.17) is 5.21 Å². The van der Waals surface area contributed by atoms with Crippen molar-refractivity contribution in [1.29, 1.82) is 0 Å². The fraction of sp³-hybridized carbons (Fsp3) is 0.348. The normalized spacial score (nSPS) is 15.8. The lowest BCUT2D eigenvalue weighted by atomic mass is 10.1. The molecule has 1 aromatic heterocycles. The Labute approximate surface area is 187 Å². The highest BCUT2D eigenvalue weighted by molar-refractivity contribution is 5.97. The fourth-order valence-electron chi connectivity index (χ4n) is 3.23. The van der Waals surface area contributed by atoms with Crippen molar-refractivity contribution < 1.29 is 19.9 Å². The number of hydroxylamine groups is 1. The van der Waals surface area contributed by atoms with Crippen LogP contribution in [0.3, 0.4) is 0 Å². The second-order valence-electron chi connectivity index (χ2n) is 7.69. The van der Waals surface area contributed by atoms with E-state index in [9.17, 15) is 14.7 Å². The lowest BCUT2D eigenvalue weighted by molar-refractivity contribution is -0.133. The average Bonchev–Trinajstić information content (AvgIpc) is 2.81. The van der Waals surface area contributed by atoms with Crippen molar-refractivity contribution in [3.63, 3.8) is 0 Å². The van der Waals surface area contributed by atoms with Gasteiger partial charge in [-0.05, 0) is 50.4 Å². The van der Waals surface area contributed by atoms with Crippen LogP contribution in [0, 0.1) is 11.8 Å². The number of amides is 2. The minimum atomic E-state index is -1.27. The number of piperazine rings is 1. The third-order valence-corrected chi connectivity index (χ3v) is 5.24. The third-order valence-electron chi connectivity index (χ3n) is 5.24. The van der Waals surface area contributed by atoms with E-state index in [1.165, 1.54) is 12.4 Å². The van der Waals surface area contributed by atoms with E-state index >= 15 is 0 Å². The summed E-state index contributed by atoms with van der Waals surface area (Å²) in [6.45, 7) is 5.29. The first-order chi connectivity index (χ1) is 15.4. The number of aromatic nitrogens is 1. The summed E-state index contributed by atoms with van der Waals surface area (Å²) in [6.07, 6.45) is 0.581. The average molecular weight is 438 g/mol. The molecule has 2 atom stereocenters. The Morgan fingerprint density at radius 3 is 2.22 bits per heavy atom. The largest absolute Gasteiger partial charge is 0.391 e. The van der Waals surface area contributed by atoms with Crippen LogP contribution >= 0.6 is 0 Å². The predicted octanol–water partition coefficient (Wildman–Crippen LogP) is 0.218. The molecule has 2 unspecified atom stereocenters. The first-order valence-corrected chi connectivity index (χ1v) is 10.3. The van der Waals surface area contributed by atoms with Crippen molar-refractivity contribution in [3.8, 4) is 11.8 Å². The second kappa shape index (κ2) is 10.7. The van der Waals surface area contributed by atoms with E-state index in [-0.39, 0.29) is 0 Å². The standard InChI is InChI=1S/C23H27N5O4/c1-16(29)21(23(31)26-32)25-22(30)19-8-5-17(6-9-19)3-4-18-7-10-20(24-15-18)28-13-11-27(2)12-14-28/h5-10,15-16,21,29,32H,11-14H2,1-2H3,(H,25,30)(H,26,31). The quantitative estimate of drug-likeness (QED) is 0.300. The molecule has 0 bridgehead atoms. The number of carbonyl (C=O) groups is 2. The predicted molar refractivity (Wildman–Crippen MR) is 119 cm³/mol. The Hall–Kier alpha value is -3.45. The van der Waals surface area contributed by atoms with Gasteiger partial charge in [0.1, 0.15) is 11.9 Å². The second-order valence-corrected chi connectivity index (χ2v) is 7.69. The lowest BCUT2D eigenvalue weighted by Gasteiger charge is -2.33. The maximum atomic E-state index is 12.3. The molecule has 2 aromatic rings. The number of benzene rings is 1. The van der Waals surface area contributed by atoms with Gasteiger partial charge in [-0.15, -0.1) is 0 Å². The number of hydrogen-bond donors (Lipinski definition) is 4. The summed E-state index contributed by atoms with van der Waals surface area (Å²) < 4.78 is 0. The fourth-order valence-corrected chi connectivity index (χ4v) is 3.23. The van der Waals surface area contributed by atoms with Crippen molar-refractivity contribution in [2.75, 3.05) is 38.1 Å². The number of anilines is 1. The van der Waals surface area contributed by atoms with E-state index in [2.05, 4.69) is 39.0 Å². The van der Waals surface area contributed by atoms with Gasteiger partial charge in [-0.3, -0.25) is 14.8 Å². The molecule has 168 valence electrons. The number of nitrogens with one attached hydrogen (secondary N) is 2. The zero-order valence-electron chi connectivity index (χ0n) is 18.1. The van der Waals surface area contributed by atoms with Crippen LogP contribution in [-0.4, -0.2) is 77.4 Å². The van der Waals surface area contributed by atoms with Crippen LogP contribution < -0.4 is 15.7 Å². The molecule has 2 amide bonds. The van der Waals surface area contributed by atoms with Crippen LogP contribution in [0.2, 0.25) is 0 Å². The van der Waals surface area contributed by atoms with Gasteiger partial charge in [0.05, 0.1) is 6.10 Å². The van der Waals surface area contributed by atoms with Crippen LogP contribution in [-0.2, 0) is 4.79 Å². The number of carbonyl (C=O) groups excluding carboxylic acids is 2. The van der Waals surface area contributed by atoms with Crippen molar-refractivity contribution in [1.82, 2.24) is 20.7 Å². The molecule has 9 nitrogen and oxygen atoms in total. The van der Waals surface area contributed by atoms with Gasteiger partial charge >= 0.3 is 0 Å². The first-order valence-electron chi connectivity index (χ1n) is 10.3. The molecule has 3 rings (SSSR count).